The van der Waals surface area contributed by atoms with Crippen LogP contribution in [0.1, 0.15) is 63.2 Å². The minimum atomic E-state index is 0.0311. The Balaban J connectivity index is 2.03. The van der Waals surface area contributed by atoms with Gasteiger partial charge in [-0.1, -0.05) is 93.3 Å². The van der Waals surface area contributed by atoms with E-state index in [9.17, 15) is 0 Å². The largest absolute Gasteiger partial charge is 0.366 e. The van der Waals surface area contributed by atoms with Gasteiger partial charge in [0.25, 0.3) is 0 Å². The van der Waals surface area contributed by atoms with Crippen LogP contribution in [0.15, 0.2) is 60.7 Å². The van der Waals surface area contributed by atoms with Gasteiger partial charge in [0.2, 0.25) is 0 Å². The van der Waals surface area contributed by atoms with Gasteiger partial charge in [-0.25, -0.2) is 0 Å². The monoisotopic (exact) mass is 296 g/mol. The zero-order chi connectivity index (χ0) is 15.6. The summed E-state index contributed by atoms with van der Waals surface area (Å²) in [5.41, 5.74) is 2.46. The second-order valence-corrected chi connectivity index (χ2v) is 6.00. The number of rotatable bonds is 9. The van der Waals surface area contributed by atoms with E-state index in [-0.39, 0.29) is 12.2 Å². The third-order valence-electron chi connectivity index (χ3n) is 4.04. The summed E-state index contributed by atoms with van der Waals surface area (Å²) >= 11 is 0. The van der Waals surface area contributed by atoms with E-state index in [4.69, 9.17) is 4.74 Å². The first-order valence-corrected chi connectivity index (χ1v) is 8.56. The van der Waals surface area contributed by atoms with Crippen molar-refractivity contribution in [1.29, 1.82) is 0 Å². The van der Waals surface area contributed by atoms with Crippen molar-refractivity contribution >= 4 is 0 Å². The van der Waals surface area contributed by atoms with Crippen molar-refractivity contribution in [1.82, 2.24) is 0 Å². The van der Waals surface area contributed by atoms with E-state index in [1.807, 2.05) is 0 Å². The Kier molecular flexibility index (Phi) is 7.18. The second-order valence-electron chi connectivity index (χ2n) is 6.00. The molecule has 0 spiro atoms. The highest BCUT2D eigenvalue weighted by atomic mass is 16.5. The second kappa shape index (κ2) is 9.42. The fourth-order valence-electron chi connectivity index (χ4n) is 2.76. The topological polar surface area (TPSA) is 9.23 Å². The molecule has 0 aliphatic carbocycles. The van der Waals surface area contributed by atoms with Gasteiger partial charge in [0, 0.05) is 0 Å². The molecule has 0 aliphatic heterocycles. The van der Waals surface area contributed by atoms with Crippen LogP contribution < -0.4 is 0 Å². The van der Waals surface area contributed by atoms with Crippen LogP contribution in [0.25, 0.3) is 0 Å². The van der Waals surface area contributed by atoms with Crippen LogP contribution in [0.4, 0.5) is 0 Å². The first-order valence-electron chi connectivity index (χ1n) is 8.56. The first kappa shape index (κ1) is 16.8. The highest BCUT2D eigenvalue weighted by Crippen LogP contribution is 2.28. The molecule has 0 heterocycles. The number of benzene rings is 2. The van der Waals surface area contributed by atoms with Crippen LogP contribution in [0.5, 0.6) is 0 Å². The molecule has 0 aromatic heterocycles. The van der Waals surface area contributed by atoms with Crippen LogP contribution in [-0.2, 0) is 4.74 Å². The third kappa shape index (κ3) is 5.31. The number of hydrogen-bond acceptors (Lipinski definition) is 1. The molecule has 2 aromatic rings. The third-order valence-corrected chi connectivity index (χ3v) is 4.04. The predicted octanol–water partition coefficient (Wildman–Crippen LogP) is 6.15. The fraction of sp³-hybridized carbons (Fsp3) is 0.429. The molecule has 1 atom stereocenters. The molecule has 0 N–H and O–H groups in total. The van der Waals surface area contributed by atoms with Crippen molar-refractivity contribution in [3.05, 3.63) is 71.8 Å². The fourth-order valence-corrected chi connectivity index (χ4v) is 2.76. The van der Waals surface area contributed by atoms with Crippen molar-refractivity contribution in [3.8, 4) is 0 Å². The van der Waals surface area contributed by atoms with E-state index < -0.39 is 0 Å². The van der Waals surface area contributed by atoms with E-state index in [0.717, 1.165) is 6.42 Å². The van der Waals surface area contributed by atoms with Crippen LogP contribution >= 0.6 is 0 Å². The molecule has 0 aliphatic rings. The summed E-state index contributed by atoms with van der Waals surface area (Å²) in [7, 11) is 0. The Hall–Kier alpha value is -1.60. The molecule has 0 fully saturated rings. The molecule has 1 heteroatoms. The number of ether oxygens (including phenoxy) is 1. The molecule has 2 aromatic carbocycles. The van der Waals surface area contributed by atoms with E-state index >= 15 is 0 Å². The molecule has 0 radical (unpaired) electrons. The minimum Gasteiger partial charge on any atom is -0.366 e. The Morgan fingerprint density at radius 1 is 0.773 bits per heavy atom. The Bertz CT molecular complexity index is 466. The molecule has 0 bridgehead atoms. The van der Waals surface area contributed by atoms with Crippen molar-refractivity contribution in [3.63, 3.8) is 0 Å². The molecule has 0 amide bonds. The summed E-state index contributed by atoms with van der Waals surface area (Å²) in [6.45, 7) is 4.45. The summed E-state index contributed by atoms with van der Waals surface area (Å²) < 4.78 is 6.40. The molecule has 0 saturated carbocycles. The molecule has 0 saturated heterocycles. The van der Waals surface area contributed by atoms with Gasteiger partial charge in [-0.05, 0) is 24.5 Å². The lowest BCUT2D eigenvalue weighted by Gasteiger charge is -2.23. The van der Waals surface area contributed by atoms with Gasteiger partial charge in [0.1, 0.15) is 6.10 Å². The normalized spacial score (nSPS) is 12.5. The van der Waals surface area contributed by atoms with Crippen LogP contribution in [0.2, 0.25) is 0 Å². The van der Waals surface area contributed by atoms with Gasteiger partial charge >= 0.3 is 0 Å². The highest BCUT2D eigenvalue weighted by molar-refractivity contribution is 5.29. The number of hydrogen-bond donors (Lipinski definition) is 0. The van der Waals surface area contributed by atoms with Crippen molar-refractivity contribution in [2.75, 3.05) is 0 Å². The summed E-state index contributed by atoms with van der Waals surface area (Å²) in [6, 6.07) is 21.1. The smallest absolute Gasteiger partial charge is 0.108 e. The maximum Gasteiger partial charge on any atom is 0.108 e. The average molecular weight is 296 g/mol. The SMILES string of the molecule is CCCCCC[C@H](C)OC(c1ccccc1)c1ccccc1. The van der Waals surface area contributed by atoms with Crippen LogP contribution in [0.3, 0.4) is 0 Å². The number of unbranched alkanes of at least 4 members (excludes halogenated alkanes) is 3. The summed E-state index contributed by atoms with van der Waals surface area (Å²) in [4.78, 5) is 0. The van der Waals surface area contributed by atoms with E-state index in [2.05, 4.69) is 74.5 Å². The molecule has 0 unspecified atom stereocenters. The Morgan fingerprint density at radius 2 is 1.32 bits per heavy atom. The Labute approximate surface area is 135 Å². The summed E-state index contributed by atoms with van der Waals surface area (Å²) in [5.74, 6) is 0. The first-order chi connectivity index (χ1) is 10.8. The van der Waals surface area contributed by atoms with Crippen molar-refractivity contribution in [2.24, 2.45) is 0 Å². The van der Waals surface area contributed by atoms with Gasteiger partial charge in [-0.3, -0.25) is 0 Å². The summed E-state index contributed by atoms with van der Waals surface area (Å²) in [5, 5.41) is 0. The average Bonchev–Trinajstić information content (AvgIpc) is 2.58. The standard InChI is InChI=1S/C21H28O/c1-3-4-5-8-13-18(2)22-21(19-14-9-6-10-15-19)20-16-11-7-12-17-20/h6-7,9-12,14-18,21H,3-5,8,13H2,1-2H3/t18-/m0/s1. The quantitative estimate of drug-likeness (QED) is 0.504. The Morgan fingerprint density at radius 3 is 1.82 bits per heavy atom. The predicted molar refractivity (Wildman–Crippen MR) is 94.0 cm³/mol. The van der Waals surface area contributed by atoms with Crippen LogP contribution in [0, 0.1) is 0 Å². The highest BCUT2D eigenvalue weighted by Gasteiger charge is 2.17. The molecule has 1 nitrogen and oxygen atoms in total. The molecule has 22 heavy (non-hydrogen) atoms. The van der Waals surface area contributed by atoms with Crippen molar-refractivity contribution in [2.45, 2.75) is 58.2 Å². The van der Waals surface area contributed by atoms with Gasteiger partial charge in [-0.15, -0.1) is 0 Å². The van der Waals surface area contributed by atoms with E-state index in [0.29, 0.717) is 0 Å². The van der Waals surface area contributed by atoms with Gasteiger partial charge in [0.15, 0.2) is 0 Å². The lowest BCUT2D eigenvalue weighted by Crippen LogP contribution is -2.15. The maximum atomic E-state index is 6.40. The minimum absolute atomic E-state index is 0.0311. The maximum absolute atomic E-state index is 6.40. The molecular formula is C21H28O. The van der Waals surface area contributed by atoms with Gasteiger partial charge in [-0.2, -0.15) is 0 Å². The lowest BCUT2D eigenvalue weighted by molar-refractivity contribution is 0.0133. The lowest BCUT2D eigenvalue weighted by atomic mass is 10.0. The zero-order valence-corrected chi connectivity index (χ0v) is 13.9. The van der Waals surface area contributed by atoms with E-state index in [1.54, 1.807) is 0 Å². The molecule has 2 rings (SSSR count). The van der Waals surface area contributed by atoms with Crippen molar-refractivity contribution < 1.29 is 4.74 Å². The van der Waals surface area contributed by atoms with Gasteiger partial charge < -0.3 is 4.74 Å². The molecule has 118 valence electrons. The zero-order valence-electron chi connectivity index (χ0n) is 13.9. The van der Waals surface area contributed by atoms with Gasteiger partial charge in [0.05, 0.1) is 6.10 Å². The molecular weight excluding hydrogens is 268 g/mol. The van der Waals surface area contributed by atoms with E-state index in [1.165, 1.54) is 36.8 Å². The van der Waals surface area contributed by atoms with Crippen LogP contribution in [-0.4, -0.2) is 6.10 Å². The summed E-state index contributed by atoms with van der Waals surface area (Å²) in [6.07, 6.45) is 6.62.